The fourth-order valence-corrected chi connectivity index (χ4v) is 2.76. The molecule has 0 aliphatic carbocycles. The minimum Gasteiger partial charge on any atom is -0.481 e. The molecule has 1 aromatic heterocycles. The minimum atomic E-state index is -0.837. The lowest BCUT2D eigenvalue weighted by atomic mass is 10.1. The van der Waals surface area contributed by atoms with Crippen molar-refractivity contribution in [2.45, 2.75) is 31.2 Å². The van der Waals surface area contributed by atoms with Crippen LogP contribution in [0.4, 0.5) is 5.13 Å². The van der Waals surface area contributed by atoms with E-state index in [2.05, 4.69) is 35.9 Å². The Morgan fingerprint density at radius 2 is 2.12 bits per heavy atom. The highest BCUT2D eigenvalue weighted by atomic mass is 32.2. The van der Waals surface area contributed by atoms with Crippen LogP contribution in [0.25, 0.3) is 0 Å². The second-order valence-corrected chi connectivity index (χ2v) is 6.31. The minimum absolute atomic E-state index is 0.0259. The van der Waals surface area contributed by atoms with Gasteiger partial charge in [-0.15, -0.1) is 10.2 Å². The van der Waals surface area contributed by atoms with Crippen molar-refractivity contribution in [2.75, 3.05) is 17.7 Å². The number of thioether (sulfide) groups is 1. The third-order valence-corrected chi connectivity index (χ3v) is 4.72. The molecule has 0 saturated carbocycles. The van der Waals surface area contributed by atoms with Crippen LogP contribution in [0.5, 0.6) is 0 Å². The highest BCUT2D eigenvalue weighted by Crippen LogP contribution is 2.29. The smallest absolute Gasteiger partial charge is 0.313 e. The first-order chi connectivity index (χ1) is 7.91. The van der Waals surface area contributed by atoms with Crippen LogP contribution < -0.4 is 4.90 Å². The summed E-state index contributed by atoms with van der Waals surface area (Å²) in [7, 11) is 1.98. The fraction of sp³-hybridized carbons (Fsp3) is 0.700. The largest absolute Gasteiger partial charge is 0.481 e. The van der Waals surface area contributed by atoms with Crippen LogP contribution in [0.3, 0.4) is 0 Å². The number of carbonyl (C=O) groups is 1. The Hall–Kier alpha value is -0.820. The first-order valence-electron chi connectivity index (χ1n) is 5.32. The molecular weight excluding hydrogens is 258 g/mol. The topological polar surface area (TPSA) is 66.3 Å². The average Bonchev–Trinajstić information content (AvgIpc) is 2.72. The van der Waals surface area contributed by atoms with Crippen LogP contribution in [0, 0.1) is 5.92 Å². The second-order valence-electron chi connectivity index (χ2n) is 4.13. The molecule has 0 amide bonds. The molecule has 7 heteroatoms. The number of aromatic nitrogens is 2. The van der Waals surface area contributed by atoms with Gasteiger partial charge in [0.25, 0.3) is 0 Å². The van der Waals surface area contributed by atoms with E-state index in [1.54, 1.807) is 0 Å². The highest BCUT2D eigenvalue weighted by Gasteiger charge is 2.17. The monoisotopic (exact) mass is 275 g/mol. The van der Waals surface area contributed by atoms with Gasteiger partial charge in [-0.3, -0.25) is 4.79 Å². The van der Waals surface area contributed by atoms with Crippen LogP contribution in [-0.4, -0.2) is 40.1 Å². The van der Waals surface area contributed by atoms with Gasteiger partial charge in [-0.25, -0.2) is 0 Å². The lowest BCUT2D eigenvalue weighted by Gasteiger charge is -2.26. The summed E-state index contributed by atoms with van der Waals surface area (Å²) < 4.78 is 0.699. The highest BCUT2D eigenvalue weighted by molar-refractivity contribution is 8.01. The summed E-state index contributed by atoms with van der Waals surface area (Å²) in [5.41, 5.74) is 0. The number of anilines is 1. The molecular formula is C10H17N3O2S2. The standard InChI is InChI=1S/C10H17N3O2S2/c1-6(2)7(3)13(4)9-11-12-10(17-9)16-5-8(14)15/h6-7H,5H2,1-4H3,(H,14,15). The van der Waals surface area contributed by atoms with Gasteiger partial charge in [0.15, 0.2) is 4.34 Å². The van der Waals surface area contributed by atoms with E-state index < -0.39 is 5.97 Å². The van der Waals surface area contributed by atoms with E-state index >= 15 is 0 Å². The molecule has 0 bridgehead atoms. The fourth-order valence-electron chi connectivity index (χ4n) is 1.15. The van der Waals surface area contributed by atoms with Gasteiger partial charge >= 0.3 is 5.97 Å². The Bertz CT molecular complexity index is 381. The number of aliphatic carboxylic acids is 1. The zero-order chi connectivity index (χ0) is 13.0. The van der Waals surface area contributed by atoms with Crippen molar-refractivity contribution >= 4 is 34.2 Å². The summed E-state index contributed by atoms with van der Waals surface area (Å²) in [6.45, 7) is 6.45. The van der Waals surface area contributed by atoms with E-state index in [1.165, 1.54) is 23.1 Å². The lowest BCUT2D eigenvalue weighted by Crippen LogP contribution is -2.32. The van der Waals surface area contributed by atoms with Crippen molar-refractivity contribution in [1.29, 1.82) is 0 Å². The van der Waals surface area contributed by atoms with Gasteiger partial charge in [0.1, 0.15) is 0 Å². The number of nitrogens with zero attached hydrogens (tertiary/aromatic N) is 3. The summed E-state index contributed by atoms with van der Waals surface area (Å²) in [4.78, 5) is 12.5. The Morgan fingerprint density at radius 3 is 2.65 bits per heavy atom. The maximum Gasteiger partial charge on any atom is 0.313 e. The van der Waals surface area contributed by atoms with Gasteiger partial charge < -0.3 is 10.0 Å². The molecule has 5 nitrogen and oxygen atoms in total. The van der Waals surface area contributed by atoms with Crippen LogP contribution in [0.2, 0.25) is 0 Å². The molecule has 17 heavy (non-hydrogen) atoms. The van der Waals surface area contributed by atoms with Gasteiger partial charge in [-0.05, 0) is 12.8 Å². The third kappa shape index (κ3) is 4.16. The van der Waals surface area contributed by atoms with Crippen molar-refractivity contribution in [3.63, 3.8) is 0 Å². The molecule has 0 saturated heterocycles. The van der Waals surface area contributed by atoms with Crippen LogP contribution in [0.1, 0.15) is 20.8 Å². The second kappa shape index (κ2) is 6.20. The number of carboxylic acids is 1. The Labute approximate surface area is 109 Å². The van der Waals surface area contributed by atoms with Crippen molar-refractivity contribution in [3.05, 3.63) is 0 Å². The van der Waals surface area contributed by atoms with Crippen LogP contribution >= 0.6 is 23.1 Å². The number of hydrogen-bond donors (Lipinski definition) is 1. The summed E-state index contributed by atoms with van der Waals surface area (Å²) in [5.74, 6) is -0.285. The van der Waals surface area contributed by atoms with E-state index in [1.807, 2.05) is 7.05 Å². The van der Waals surface area contributed by atoms with Crippen molar-refractivity contribution < 1.29 is 9.90 Å². The van der Waals surface area contributed by atoms with E-state index in [4.69, 9.17) is 5.11 Å². The zero-order valence-electron chi connectivity index (χ0n) is 10.4. The van der Waals surface area contributed by atoms with Crippen LogP contribution in [0.15, 0.2) is 4.34 Å². The molecule has 0 radical (unpaired) electrons. The molecule has 0 aliphatic heterocycles. The summed E-state index contributed by atoms with van der Waals surface area (Å²) in [5, 5.41) is 17.5. The van der Waals surface area contributed by atoms with Gasteiger partial charge in [0.05, 0.1) is 5.75 Å². The molecule has 1 atom stereocenters. The predicted molar refractivity (Wildman–Crippen MR) is 71.0 cm³/mol. The van der Waals surface area contributed by atoms with Gasteiger partial charge in [0.2, 0.25) is 5.13 Å². The van der Waals surface area contributed by atoms with E-state index in [-0.39, 0.29) is 5.75 Å². The molecule has 96 valence electrons. The van der Waals surface area contributed by atoms with Gasteiger partial charge in [0, 0.05) is 13.1 Å². The maximum atomic E-state index is 10.4. The number of rotatable bonds is 6. The lowest BCUT2D eigenvalue weighted by molar-refractivity contribution is -0.133. The number of hydrogen-bond acceptors (Lipinski definition) is 6. The van der Waals surface area contributed by atoms with Gasteiger partial charge in [-0.2, -0.15) is 0 Å². The molecule has 1 N–H and O–H groups in total. The van der Waals surface area contributed by atoms with Crippen LogP contribution in [-0.2, 0) is 4.79 Å². The molecule has 0 fully saturated rings. The molecule has 1 unspecified atom stereocenters. The molecule has 1 heterocycles. The van der Waals surface area contributed by atoms with E-state index in [9.17, 15) is 4.79 Å². The molecule has 1 rings (SSSR count). The van der Waals surface area contributed by atoms with Crippen molar-refractivity contribution in [1.82, 2.24) is 10.2 Å². The zero-order valence-corrected chi connectivity index (χ0v) is 12.0. The van der Waals surface area contributed by atoms with E-state index in [0.29, 0.717) is 16.3 Å². The molecule has 0 spiro atoms. The number of carboxylic acid groups (broad SMARTS) is 1. The summed E-state index contributed by atoms with van der Waals surface area (Å²) in [6, 6.07) is 0.375. The quantitative estimate of drug-likeness (QED) is 0.803. The maximum absolute atomic E-state index is 10.4. The average molecular weight is 275 g/mol. The molecule has 1 aromatic rings. The van der Waals surface area contributed by atoms with Crippen molar-refractivity contribution in [2.24, 2.45) is 5.92 Å². The van der Waals surface area contributed by atoms with Crippen molar-refractivity contribution in [3.8, 4) is 0 Å². The first-order valence-corrected chi connectivity index (χ1v) is 7.13. The van der Waals surface area contributed by atoms with Gasteiger partial charge in [-0.1, -0.05) is 36.9 Å². The normalized spacial score (nSPS) is 12.8. The Kier molecular flexibility index (Phi) is 5.20. The van der Waals surface area contributed by atoms with E-state index in [0.717, 1.165) is 5.13 Å². The predicted octanol–water partition coefficient (Wildman–Crippen LogP) is 2.20. The Morgan fingerprint density at radius 1 is 1.47 bits per heavy atom. The Balaban J connectivity index is 2.64. The SMILES string of the molecule is CC(C)C(C)N(C)c1nnc(SCC(=O)O)s1. The summed E-state index contributed by atoms with van der Waals surface area (Å²) >= 11 is 2.64. The molecule has 0 aliphatic rings. The summed E-state index contributed by atoms with van der Waals surface area (Å²) in [6.07, 6.45) is 0. The first kappa shape index (κ1) is 14.2. The third-order valence-electron chi connectivity index (χ3n) is 2.59. The molecule has 0 aromatic carbocycles.